The van der Waals surface area contributed by atoms with Crippen LogP contribution in [0.5, 0.6) is 0 Å². The zero-order valence-corrected chi connectivity index (χ0v) is 25.9. The third kappa shape index (κ3) is 4.97. The van der Waals surface area contributed by atoms with Crippen molar-refractivity contribution in [3.63, 3.8) is 0 Å². The van der Waals surface area contributed by atoms with E-state index in [4.69, 9.17) is 4.42 Å². The molecule has 1 aromatic heterocycles. The molecule has 3 aliphatic carbocycles. The van der Waals surface area contributed by atoms with Crippen molar-refractivity contribution in [1.29, 1.82) is 0 Å². The fourth-order valence-electron chi connectivity index (χ4n) is 9.54. The molecule has 2 atom stereocenters. The number of furan rings is 1. The van der Waals surface area contributed by atoms with Gasteiger partial charge in [0.25, 0.3) is 0 Å². The molecule has 0 saturated heterocycles. The first-order valence-corrected chi connectivity index (χ1v) is 16.9. The monoisotopic (exact) mass is 567 g/mol. The molecule has 3 fully saturated rings. The molecule has 0 N–H and O–H groups in total. The summed E-state index contributed by atoms with van der Waals surface area (Å²) < 4.78 is 6.34. The Morgan fingerprint density at radius 1 is 0.674 bits per heavy atom. The van der Waals surface area contributed by atoms with Crippen molar-refractivity contribution in [3.05, 3.63) is 102 Å². The van der Waals surface area contributed by atoms with Crippen LogP contribution in [0.25, 0.3) is 21.9 Å². The summed E-state index contributed by atoms with van der Waals surface area (Å²) in [6.07, 6.45) is 13.7. The van der Waals surface area contributed by atoms with Crippen molar-refractivity contribution in [2.75, 3.05) is 4.90 Å². The number of nitrogens with zero attached hydrogens (tertiary/aromatic N) is 1. The van der Waals surface area contributed by atoms with E-state index in [1.165, 1.54) is 103 Å². The average Bonchev–Trinajstić information content (AvgIpc) is 3.41. The van der Waals surface area contributed by atoms with E-state index in [1.54, 1.807) is 0 Å². The highest BCUT2D eigenvalue weighted by Crippen LogP contribution is 2.52. The second-order valence-electron chi connectivity index (χ2n) is 14.6. The molecule has 2 bridgehead atoms. The first-order chi connectivity index (χ1) is 21.0. The van der Waals surface area contributed by atoms with Crippen LogP contribution in [0.15, 0.2) is 95.4 Å². The van der Waals surface area contributed by atoms with Crippen molar-refractivity contribution < 1.29 is 4.42 Å². The third-order valence-corrected chi connectivity index (χ3v) is 11.3. The SMILES string of the molecule is CC1CC2CC(C1)CC(C)(c1ccc(N(c3ccc(C4CCCCC4)cc3)c3cccc4oc5ccccc5c34)cc1)C2. The number of rotatable bonds is 5. The van der Waals surface area contributed by atoms with Gasteiger partial charge in [0.2, 0.25) is 0 Å². The lowest BCUT2D eigenvalue weighted by atomic mass is 9.57. The van der Waals surface area contributed by atoms with Gasteiger partial charge < -0.3 is 9.32 Å². The summed E-state index contributed by atoms with van der Waals surface area (Å²) in [5.74, 6) is 3.38. The van der Waals surface area contributed by atoms with Crippen LogP contribution in [0, 0.1) is 17.8 Å². The highest BCUT2D eigenvalue weighted by atomic mass is 16.3. The molecule has 43 heavy (non-hydrogen) atoms. The second-order valence-corrected chi connectivity index (χ2v) is 14.6. The molecule has 2 heteroatoms. The molecule has 3 saturated carbocycles. The van der Waals surface area contributed by atoms with Crippen LogP contribution in [-0.2, 0) is 5.41 Å². The predicted octanol–water partition coefficient (Wildman–Crippen LogP) is 12.2. The Morgan fingerprint density at radius 2 is 1.33 bits per heavy atom. The van der Waals surface area contributed by atoms with Gasteiger partial charge in [-0.3, -0.25) is 0 Å². The maximum Gasteiger partial charge on any atom is 0.137 e. The molecule has 4 aromatic carbocycles. The third-order valence-electron chi connectivity index (χ3n) is 11.3. The van der Waals surface area contributed by atoms with Gasteiger partial charge in [0.15, 0.2) is 0 Å². The van der Waals surface area contributed by atoms with Crippen molar-refractivity contribution in [2.24, 2.45) is 17.8 Å². The molecule has 3 aliphatic rings. The van der Waals surface area contributed by atoms with Crippen LogP contribution in [0.2, 0.25) is 0 Å². The molecule has 8 rings (SSSR count). The lowest BCUT2D eigenvalue weighted by molar-refractivity contribution is 0.0899. The van der Waals surface area contributed by atoms with E-state index in [-0.39, 0.29) is 5.41 Å². The van der Waals surface area contributed by atoms with Gasteiger partial charge in [0.1, 0.15) is 11.2 Å². The summed E-state index contributed by atoms with van der Waals surface area (Å²) in [7, 11) is 0. The van der Waals surface area contributed by atoms with Crippen molar-refractivity contribution in [1.82, 2.24) is 0 Å². The molecule has 1 heterocycles. The summed E-state index contributed by atoms with van der Waals surface area (Å²) in [5.41, 5.74) is 8.76. The minimum absolute atomic E-state index is 0.277. The zero-order chi connectivity index (χ0) is 29.0. The van der Waals surface area contributed by atoms with E-state index in [1.807, 2.05) is 0 Å². The van der Waals surface area contributed by atoms with E-state index in [0.717, 1.165) is 28.9 Å². The molecule has 220 valence electrons. The molecule has 0 aliphatic heterocycles. The van der Waals surface area contributed by atoms with Gasteiger partial charge in [0, 0.05) is 16.8 Å². The van der Waals surface area contributed by atoms with Gasteiger partial charge in [0.05, 0.1) is 11.1 Å². The fraction of sp³-hybridized carbons (Fsp3) is 0.415. The molecular formula is C41H45NO. The Bertz CT molecular complexity index is 1700. The van der Waals surface area contributed by atoms with E-state index in [0.29, 0.717) is 5.92 Å². The van der Waals surface area contributed by atoms with Crippen LogP contribution < -0.4 is 4.90 Å². The Hall–Kier alpha value is -3.52. The quantitative estimate of drug-likeness (QED) is 0.210. The summed E-state index contributed by atoms with van der Waals surface area (Å²) in [6.45, 7) is 5.01. The number of hydrogen-bond donors (Lipinski definition) is 0. The zero-order valence-electron chi connectivity index (χ0n) is 25.9. The van der Waals surface area contributed by atoms with E-state index >= 15 is 0 Å². The van der Waals surface area contributed by atoms with E-state index in [2.05, 4.69) is 110 Å². The van der Waals surface area contributed by atoms with E-state index in [9.17, 15) is 0 Å². The highest BCUT2D eigenvalue weighted by Gasteiger charge is 2.41. The van der Waals surface area contributed by atoms with Crippen LogP contribution in [-0.4, -0.2) is 0 Å². The highest BCUT2D eigenvalue weighted by molar-refractivity contribution is 6.13. The molecule has 0 amide bonds. The standard InChI is InChI=1S/C41H45NO/c1-28-23-29-25-30(24-28)27-41(2,26-29)33-17-21-35(22-18-33)42(34-19-15-32(16-20-34)31-9-4-3-5-10-31)37-12-8-14-39-40(37)36-11-6-7-13-38(36)43-39/h6-8,11-22,28-31H,3-5,9-10,23-27H2,1-2H3. The lowest BCUT2D eigenvalue weighted by Crippen LogP contribution is -2.38. The van der Waals surface area contributed by atoms with E-state index < -0.39 is 0 Å². The fourth-order valence-corrected chi connectivity index (χ4v) is 9.54. The first kappa shape index (κ1) is 27.1. The summed E-state index contributed by atoms with van der Waals surface area (Å²) in [5, 5.41) is 2.35. The Morgan fingerprint density at radius 3 is 2.05 bits per heavy atom. The van der Waals surface area contributed by atoms with Crippen molar-refractivity contribution in [2.45, 2.75) is 89.4 Å². The van der Waals surface area contributed by atoms with Gasteiger partial charge in [-0.25, -0.2) is 0 Å². The minimum Gasteiger partial charge on any atom is -0.456 e. The van der Waals surface area contributed by atoms with Gasteiger partial charge in [-0.1, -0.05) is 81.6 Å². The number of para-hydroxylation sites is 1. The Kier molecular flexibility index (Phi) is 6.85. The minimum atomic E-state index is 0.277. The molecule has 2 unspecified atom stereocenters. The maximum absolute atomic E-state index is 6.34. The first-order valence-electron chi connectivity index (χ1n) is 16.9. The van der Waals surface area contributed by atoms with Crippen LogP contribution in [0.3, 0.4) is 0 Å². The normalized spacial score (nSPS) is 26.1. The summed E-state index contributed by atoms with van der Waals surface area (Å²) in [4.78, 5) is 2.46. The van der Waals surface area contributed by atoms with Gasteiger partial charge in [-0.2, -0.15) is 0 Å². The largest absolute Gasteiger partial charge is 0.456 e. The van der Waals surface area contributed by atoms with Crippen LogP contribution >= 0.6 is 0 Å². The van der Waals surface area contributed by atoms with Crippen LogP contribution in [0.1, 0.15) is 95.1 Å². The van der Waals surface area contributed by atoms with Crippen molar-refractivity contribution >= 4 is 39.0 Å². The number of hydrogen-bond acceptors (Lipinski definition) is 2. The number of fused-ring (bicyclic) bond motifs is 5. The Balaban J connectivity index is 1.21. The van der Waals surface area contributed by atoms with Gasteiger partial charge >= 0.3 is 0 Å². The topological polar surface area (TPSA) is 16.4 Å². The van der Waals surface area contributed by atoms with Crippen molar-refractivity contribution in [3.8, 4) is 0 Å². The molecule has 0 radical (unpaired) electrons. The Labute approximate surface area is 257 Å². The average molecular weight is 568 g/mol. The van der Waals surface area contributed by atoms with Gasteiger partial charge in [-0.15, -0.1) is 0 Å². The summed E-state index contributed by atoms with van der Waals surface area (Å²) in [6, 6.07) is 34.1. The molecule has 2 nitrogen and oxygen atoms in total. The predicted molar refractivity (Wildman–Crippen MR) is 181 cm³/mol. The molecular weight excluding hydrogens is 522 g/mol. The summed E-state index contributed by atoms with van der Waals surface area (Å²) >= 11 is 0. The number of anilines is 3. The molecule has 5 aromatic rings. The van der Waals surface area contributed by atoms with Crippen LogP contribution in [0.4, 0.5) is 17.1 Å². The second kappa shape index (κ2) is 10.9. The lowest BCUT2D eigenvalue weighted by Gasteiger charge is -2.47. The molecule has 0 spiro atoms. The van der Waals surface area contributed by atoms with Gasteiger partial charge in [-0.05, 0) is 128 Å². The number of benzene rings is 4. The maximum atomic E-state index is 6.34. The smallest absolute Gasteiger partial charge is 0.137 e.